The van der Waals surface area contributed by atoms with Crippen LogP contribution in [0.5, 0.6) is 0 Å². The van der Waals surface area contributed by atoms with E-state index in [0.29, 0.717) is 51.0 Å². The molecule has 4 rings (SSSR count). The fourth-order valence-electron chi connectivity index (χ4n) is 3.21. The van der Waals surface area contributed by atoms with Gasteiger partial charge in [0.05, 0.1) is 11.1 Å². The quantitative estimate of drug-likeness (QED) is 0.440. The zero-order chi connectivity index (χ0) is 25.6. The van der Waals surface area contributed by atoms with Crippen LogP contribution in [0.25, 0.3) is 22.4 Å². The number of nitrogens with one attached hydrogen (secondary N) is 1. The molecule has 0 aliphatic carbocycles. The third-order valence-electron chi connectivity index (χ3n) is 4.73. The van der Waals surface area contributed by atoms with Crippen molar-refractivity contribution >= 4 is 10.9 Å². The van der Waals surface area contributed by atoms with E-state index in [1.165, 1.54) is 4.57 Å². The zero-order valence-electron chi connectivity index (χ0n) is 20.4. The number of pyridine rings is 1. The second-order valence-electron chi connectivity index (χ2n) is 7.47. The molecule has 34 heavy (non-hydrogen) atoms. The SMILES string of the molecule is C#C.CC.Cc1cc([C@H](O)C#Cc2cn(C)c(=O)c3[nH]c(C)c(-c4nnc(C(C)C)o4)c23)no1. The van der Waals surface area contributed by atoms with Crippen LogP contribution in [0.15, 0.2) is 26.0 Å². The molecule has 178 valence electrons. The summed E-state index contributed by atoms with van der Waals surface area (Å²) in [6, 6.07) is 1.62. The summed E-state index contributed by atoms with van der Waals surface area (Å²) in [4.78, 5) is 15.8. The zero-order valence-corrected chi connectivity index (χ0v) is 20.4. The second-order valence-corrected chi connectivity index (χ2v) is 7.47. The lowest BCUT2D eigenvalue weighted by atomic mass is 10.1. The van der Waals surface area contributed by atoms with Crippen molar-refractivity contribution in [1.82, 2.24) is 24.9 Å². The smallest absolute Gasteiger partial charge is 0.274 e. The van der Waals surface area contributed by atoms with Gasteiger partial charge in [-0.1, -0.05) is 44.7 Å². The number of terminal acetylenes is 1. The van der Waals surface area contributed by atoms with Crippen molar-refractivity contribution in [2.75, 3.05) is 0 Å². The van der Waals surface area contributed by atoms with Gasteiger partial charge in [-0.3, -0.25) is 4.79 Å². The van der Waals surface area contributed by atoms with Gasteiger partial charge in [-0.15, -0.1) is 23.0 Å². The molecular weight excluding hydrogens is 434 g/mol. The number of fused-ring (bicyclic) bond motifs is 1. The Balaban J connectivity index is 0.000000970. The maximum atomic E-state index is 12.7. The van der Waals surface area contributed by atoms with Crippen LogP contribution >= 0.6 is 0 Å². The third-order valence-corrected chi connectivity index (χ3v) is 4.73. The number of aromatic nitrogens is 5. The predicted octanol–water partition coefficient (Wildman–Crippen LogP) is 4.01. The molecule has 9 nitrogen and oxygen atoms in total. The van der Waals surface area contributed by atoms with Crippen molar-refractivity contribution in [2.24, 2.45) is 7.05 Å². The van der Waals surface area contributed by atoms with E-state index in [1.807, 2.05) is 34.6 Å². The summed E-state index contributed by atoms with van der Waals surface area (Å²) in [5.74, 6) is 7.20. The highest BCUT2D eigenvalue weighted by atomic mass is 16.5. The van der Waals surface area contributed by atoms with Gasteiger partial charge >= 0.3 is 0 Å². The first-order chi connectivity index (χ1) is 16.3. The molecule has 0 aromatic carbocycles. The predicted molar refractivity (Wildman–Crippen MR) is 130 cm³/mol. The molecule has 0 unspecified atom stereocenters. The lowest BCUT2D eigenvalue weighted by molar-refractivity contribution is 0.225. The van der Waals surface area contributed by atoms with E-state index in [1.54, 1.807) is 26.2 Å². The Hall–Kier alpha value is -4.08. The minimum Gasteiger partial charge on any atom is -0.420 e. The van der Waals surface area contributed by atoms with Crippen molar-refractivity contribution < 1.29 is 14.0 Å². The van der Waals surface area contributed by atoms with Crippen LogP contribution in [0.1, 0.15) is 68.3 Å². The van der Waals surface area contributed by atoms with Gasteiger partial charge in [0.25, 0.3) is 5.56 Å². The normalized spacial score (nSPS) is 11.1. The van der Waals surface area contributed by atoms with E-state index < -0.39 is 6.10 Å². The van der Waals surface area contributed by atoms with Crippen molar-refractivity contribution in [3.63, 3.8) is 0 Å². The molecule has 0 saturated heterocycles. The van der Waals surface area contributed by atoms with Crippen molar-refractivity contribution in [3.05, 3.63) is 51.2 Å². The number of rotatable bonds is 3. The third kappa shape index (κ3) is 5.11. The summed E-state index contributed by atoms with van der Waals surface area (Å²) in [7, 11) is 1.64. The highest BCUT2D eigenvalue weighted by Crippen LogP contribution is 2.33. The molecule has 0 amide bonds. The number of nitrogens with zero attached hydrogens (tertiary/aromatic N) is 4. The molecule has 4 aromatic rings. The molecule has 2 N–H and O–H groups in total. The summed E-state index contributed by atoms with van der Waals surface area (Å²) >= 11 is 0. The summed E-state index contributed by atoms with van der Waals surface area (Å²) in [5, 5.41) is 23.0. The lowest BCUT2D eigenvalue weighted by Gasteiger charge is -2.03. The van der Waals surface area contributed by atoms with Crippen molar-refractivity contribution in [3.8, 4) is 36.1 Å². The molecule has 0 bridgehead atoms. The van der Waals surface area contributed by atoms with Crippen molar-refractivity contribution in [2.45, 2.75) is 53.6 Å². The number of aromatic amines is 1. The second kappa shape index (κ2) is 11.2. The molecule has 4 heterocycles. The number of aryl methyl sites for hydroxylation is 3. The van der Waals surface area contributed by atoms with Gasteiger partial charge < -0.3 is 23.6 Å². The number of aliphatic hydroxyl groups is 1. The van der Waals surface area contributed by atoms with E-state index in [-0.39, 0.29) is 11.5 Å². The molecule has 0 radical (unpaired) electrons. The maximum Gasteiger partial charge on any atom is 0.274 e. The van der Waals surface area contributed by atoms with E-state index in [9.17, 15) is 9.90 Å². The first kappa shape index (κ1) is 26.2. The summed E-state index contributed by atoms with van der Waals surface area (Å²) in [6.07, 6.45) is 8.49. The first-order valence-electron chi connectivity index (χ1n) is 10.8. The molecule has 0 aliphatic heterocycles. The van der Waals surface area contributed by atoms with Gasteiger partial charge in [0, 0.05) is 36.3 Å². The Morgan fingerprint density at radius 3 is 2.44 bits per heavy atom. The molecule has 1 atom stereocenters. The molecular formula is C25H29N5O4. The Morgan fingerprint density at radius 2 is 1.88 bits per heavy atom. The summed E-state index contributed by atoms with van der Waals surface area (Å²) in [5.41, 5.74) is 2.37. The Bertz CT molecular complexity index is 1410. The molecule has 9 heteroatoms. The summed E-state index contributed by atoms with van der Waals surface area (Å²) < 4.78 is 12.3. The Labute approximate surface area is 198 Å². The lowest BCUT2D eigenvalue weighted by Crippen LogP contribution is -2.17. The summed E-state index contributed by atoms with van der Waals surface area (Å²) in [6.45, 7) is 11.5. The van der Waals surface area contributed by atoms with Crippen LogP contribution < -0.4 is 5.56 Å². The number of hydrogen-bond acceptors (Lipinski definition) is 7. The molecule has 0 spiro atoms. The Kier molecular flexibility index (Phi) is 8.60. The van der Waals surface area contributed by atoms with Crippen LogP contribution in [0.2, 0.25) is 0 Å². The van der Waals surface area contributed by atoms with E-state index in [2.05, 4.69) is 45.0 Å². The molecule has 0 saturated carbocycles. The maximum absolute atomic E-state index is 12.7. The van der Waals surface area contributed by atoms with Gasteiger partial charge in [-0.2, -0.15) is 0 Å². The molecule has 4 aromatic heterocycles. The van der Waals surface area contributed by atoms with Gasteiger partial charge in [0.1, 0.15) is 17.0 Å². The van der Waals surface area contributed by atoms with E-state index in [4.69, 9.17) is 8.94 Å². The largest absolute Gasteiger partial charge is 0.420 e. The highest BCUT2D eigenvalue weighted by Gasteiger charge is 2.22. The monoisotopic (exact) mass is 463 g/mol. The topological polar surface area (TPSA) is 123 Å². The van der Waals surface area contributed by atoms with E-state index >= 15 is 0 Å². The van der Waals surface area contributed by atoms with E-state index in [0.717, 1.165) is 0 Å². The van der Waals surface area contributed by atoms with Crippen molar-refractivity contribution in [1.29, 1.82) is 0 Å². The average Bonchev–Trinajstić information content (AvgIpc) is 3.56. The fourth-order valence-corrected chi connectivity index (χ4v) is 3.21. The minimum atomic E-state index is -1.13. The van der Waals surface area contributed by atoms with Gasteiger partial charge in [0.15, 0.2) is 6.10 Å². The number of hydrogen-bond donors (Lipinski definition) is 2. The molecule has 0 aliphatic rings. The number of aliphatic hydroxyl groups excluding tert-OH is 1. The highest BCUT2D eigenvalue weighted by molar-refractivity contribution is 5.99. The van der Waals surface area contributed by atoms with Crippen LogP contribution in [-0.4, -0.2) is 30.0 Å². The van der Waals surface area contributed by atoms with Crippen LogP contribution in [0.4, 0.5) is 0 Å². The standard InChI is InChI=1S/C21H21N5O4.C2H6.C2H2/c1-10(2)19-23-24-20(29-19)16-12(4)22-18-17(16)13(9-26(5)21(18)28)6-7-15(27)14-8-11(3)30-25-14;2*1-2/h8-10,15,22,27H,1-5H3;1-2H3;1-2H/t15-;;/m1../s1. The van der Waals surface area contributed by atoms with Gasteiger partial charge in [-0.25, -0.2) is 0 Å². The van der Waals surface area contributed by atoms with Gasteiger partial charge in [-0.05, 0) is 13.8 Å². The minimum absolute atomic E-state index is 0.0740. The van der Waals surface area contributed by atoms with Crippen LogP contribution in [0.3, 0.4) is 0 Å². The molecule has 0 fully saturated rings. The average molecular weight is 464 g/mol. The fraction of sp³-hybridized carbons (Fsp3) is 0.360. The Morgan fingerprint density at radius 1 is 1.21 bits per heavy atom. The first-order valence-corrected chi connectivity index (χ1v) is 10.8. The number of H-pyrrole nitrogens is 1. The van der Waals surface area contributed by atoms with Gasteiger partial charge in [0.2, 0.25) is 11.8 Å². The van der Waals surface area contributed by atoms with Crippen LogP contribution in [-0.2, 0) is 7.05 Å². The van der Waals surface area contributed by atoms with Crippen LogP contribution in [0, 0.1) is 38.5 Å².